The molecule has 0 aliphatic carbocycles. The van der Waals surface area contributed by atoms with Gasteiger partial charge in [0.2, 0.25) is 0 Å². The Hall–Kier alpha value is 1.40. The minimum absolute atomic E-state index is 0.395. The van der Waals surface area contributed by atoms with Gasteiger partial charge in [-0.2, -0.15) is 11.8 Å². The van der Waals surface area contributed by atoms with E-state index >= 15 is 0 Å². The molecule has 0 nitrogen and oxygen atoms in total. The predicted molar refractivity (Wildman–Crippen MR) is 87.2 cm³/mol. The van der Waals surface area contributed by atoms with Gasteiger partial charge in [-0.25, -0.2) is 0 Å². The second kappa shape index (κ2) is 6.03. The molecule has 0 N–H and O–H groups in total. The van der Waals surface area contributed by atoms with Gasteiger partial charge in [-0.15, -0.1) is 35.3 Å². The maximum atomic E-state index is 2.32. The van der Waals surface area contributed by atoms with Crippen molar-refractivity contribution in [3.05, 3.63) is 0 Å². The van der Waals surface area contributed by atoms with Gasteiger partial charge in [-0.1, -0.05) is 41.5 Å². The molecule has 0 unspecified atom stereocenters. The maximum absolute atomic E-state index is 2.32. The monoisotopic (exact) mass is 296 g/mol. The number of hydrogen-bond acceptors (Lipinski definition) is 4. The Balaban J connectivity index is 2.41. The maximum Gasteiger partial charge on any atom is 0.0609 e. The highest BCUT2D eigenvalue weighted by atomic mass is 32.2. The van der Waals surface area contributed by atoms with Crippen LogP contribution in [0.2, 0.25) is 0 Å². The summed E-state index contributed by atoms with van der Waals surface area (Å²) in [7, 11) is 0. The van der Waals surface area contributed by atoms with E-state index < -0.39 is 0 Å². The Morgan fingerprint density at radius 3 is 1.50 bits per heavy atom. The van der Waals surface area contributed by atoms with Gasteiger partial charge in [0.15, 0.2) is 0 Å². The summed E-state index contributed by atoms with van der Waals surface area (Å²) >= 11 is 8.59. The fourth-order valence-corrected chi connectivity index (χ4v) is 9.38. The van der Waals surface area contributed by atoms with E-state index in [1.54, 1.807) is 0 Å². The Kier molecular flexibility index (Phi) is 5.82. The van der Waals surface area contributed by atoms with Gasteiger partial charge in [0.1, 0.15) is 0 Å². The summed E-state index contributed by atoms with van der Waals surface area (Å²) in [5.74, 6) is 2.63. The van der Waals surface area contributed by atoms with E-state index in [1.165, 1.54) is 11.5 Å². The highest BCUT2D eigenvalue weighted by Gasteiger charge is 2.29. The van der Waals surface area contributed by atoms with Crippen LogP contribution in [0.4, 0.5) is 0 Å². The number of thioether (sulfide) groups is 4. The van der Waals surface area contributed by atoms with Gasteiger partial charge in [-0.3, -0.25) is 0 Å². The number of hydrogen-bond donors (Lipinski definition) is 0. The van der Waals surface area contributed by atoms with Crippen LogP contribution in [0.25, 0.3) is 0 Å². The standard InChI is InChI=1S/C12H24S4/c1-11(2,3)15-9-7-13-8-10(14-9)16-12(4,5)6/h9-10H,7-8H2,1-6H3/t9-,10-/m1/s1. The van der Waals surface area contributed by atoms with E-state index in [9.17, 15) is 0 Å². The van der Waals surface area contributed by atoms with Crippen molar-refractivity contribution in [2.24, 2.45) is 0 Å². The summed E-state index contributed by atoms with van der Waals surface area (Å²) < 4.78 is 2.34. The molecule has 0 radical (unpaired) electrons. The smallest absolute Gasteiger partial charge is 0.0609 e. The first-order valence-electron chi connectivity index (χ1n) is 5.74. The molecule has 16 heavy (non-hydrogen) atoms. The summed E-state index contributed by atoms with van der Waals surface area (Å²) in [5.41, 5.74) is 0. The lowest BCUT2D eigenvalue weighted by atomic mass is 10.3. The van der Waals surface area contributed by atoms with Crippen LogP contribution in [0, 0.1) is 0 Å². The van der Waals surface area contributed by atoms with Crippen LogP contribution in [0.5, 0.6) is 0 Å². The predicted octanol–water partition coefficient (Wildman–Crippen LogP) is 5.18. The Labute approximate surface area is 118 Å². The summed E-state index contributed by atoms with van der Waals surface area (Å²) in [6.45, 7) is 13.9. The van der Waals surface area contributed by atoms with Crippen molar-refractivity contribution in [3.63, 3.8) is 0 Å². The third kappa shape index (κ3) is 6.97. The van der Waals surface area contributed by atoms with E-state index in [0.29, 0.717) is 9.49 Å². The molecule has 1 rings (SSSR count). The van der Waals surface area contributed by atoms with Crippen LogP contribution in [-0.4, -0.2) is 30.2 Å². The minimum atomic E-state index is 0.395. The Morgan fingerprint density at radius 1 is 0.812 bits per heavy atom. The molecule has 1 fully saturated rings. The summed E-state index contributed by atoms with van der Waals surface area (Å²) in [6.07, 6.45) is 0. The quantitative estimate of drug-likeness (QED) is 0.688. The average Bonchev–Trinajstić information content (AvgIpc) is 1.96. The van der Waals surface area contributed by atoms with Crippen molar-refractivity contribution in [2.75, 3.05) is 11.5 Å². The van der Waals surface area contributed by atoms with Gasteiger partial charge in [0.05, 0.1) is 9.16 Å². The summed E-state index contributed by atoms with van der Waals surface area (Å²) in [5, 5.41) is 0. The molecule has 1 heterocycles. The third-order valence-corrected chi connectivity index (χ3v) is 8.22. The Morgan fingerprint density at radius 2 is 1.19 bits per heavy atom. The molecule has 1 aliphatic rings. The van der Waals surface area contributed by atoms with Gasteiger partial charge >= 0.3 is 0 Å². The van der Waals surface area contributed by atoms with Crippen LogP contribution >= 0.6 is 47.0 Å². The molecule has 4 heteroatoms. The molecule has 96 valence electrons. The molecule has 2 atom stereocenters. The summed E-state index contributed by atoms with van der Waals surface area (Å²) in [4.78, 5) is 0. The molecular weight excluding hydrogens is 272 g/mol. The molecule has 0 spiro atoms. The van der Waals surface area contributed by atoms with E-state index in [2.05, 4.69) is 88.6 Å². The summed E-state index contributed by atoms with van der Waals surface area (Å²) in [6, 6.07) is 0. The van der Waals surface area contributed by atoms with Gasteiger partial charge < -0.3 is 0 Å². The molecule has 0 amide bonds. The van der Waals surface area contributed by atoms with E-state index in [-0.39, 0.29) is 0 Å². The van der Waals surface area contributed by atoms with Crippen molar-refractivity contribution in [2.45, 2.75) is 60.2 Å². The lowest BCUT2D eigenvalue weighted by Crippen LogP contribution is -2.25. The fraction of sp³-hybridized carbons (Fsp3) is 1.00. The van der Waals surface area contributed by atoms with Crippen LogP contribution in [-0.2, 0) is 0 Å². The van der Waals surface area contributed by atoms with Crippen LogP contribution in [0.15, 0.2) is 0 Å². The van der Waals surface area contributed by atoms with Crippen molar-refractivity contribution in [1.82, 2.24) is 0 Å². The average molecular weight is 297 g/mol. The topological polar surface area (TPSA) is 0 Å². The normalized spacial score (nSPS) is 28.1. The minimum Gasteiger partial charge on any atom is -0.158 e. The van der Waals surface area contributed by atoms with Crippen molar-refractivity contribution in [3.8, 4) is 0 Å². The molecule has 1 aliphatic heterocycles. The molecule has 0 aromatic heterocycles. The first kappa shape index (κ1) is 15.5. The molecule has 1 saturated heterocycles. The van der Waals surface area contributed by atoms with Gasteiger partial charge in [0.25, 0.3) is 0 Å². The lowest BCUT2D eigenvalue weighted by Gasteiger charge is -2.34. The zero-order valence-electron chi connectivity index (χ0n) is 11.2. The van der Waals surface area contributed by atoms with Crippen LogP contribution in [0.3, 0.4) is 0 Å². The molecule has 0 aromatic carbocycles. The zero-order valence-corrected chi connectivity index (χ0v) is 14.5. The molecular formula is C12H24S4. The second-order valence-electron chi connectivity index (χ2n) is 5.99. The fourth-order valence-electron chi connectivity index (χ4n) is 1.42. The molecule has 0 saturated carbocycles. The number of rotatable bonds is 2. The highest BCUT2D eigenvalue weighted by molar-refractivity contribution is 8.26. The first-order chi connectivity index (χ1) is 7.16. The largest absolute Gasteiger partial charge is 0.158 e. The molecule has 0 bridgehead atoms. The highest BCUT2D eigenvalue weighted by Crippen LogP contribution is 2.47. The van der Waals surface area contributed by atoms with E-state index in [1.807, 2.05) is 0 Å². The van der Waals surface area contributed by atoms with Gasteiger partial charge in [-0.05, 0) is 0 Å². The van der Waals surface area contributed by atoms with Gasteiger partial charge in [0, 0.05) is 21.0 Å². The van der Waals surface area contributed by atoms with E-state index in [4.69, 9.17) is 0 Å². The van der Waals surface area contributed by atoms with Crippen LogP contribution < -0.4 is 0 Å². The van der Waals surface area contributed by atoms with Crippen molar-refractivity contribution < 1.29 is 0 Å². The second-order valence-corrected chi connectivity index (χ2v) is 13.1. The first-order valence-corrected chi connectivity index (χ1v) is 9.60. The Bertz CT molecular complexity index is 192. The van der Waals surface area contributed by atoms with E-state index in [0.717, 1.165) is 9.16 Å². The zero-order chi connectivity index (χ0) is 12.4. The third-order valence-electron chi connectivity index (χ3n) is 1.78. The van der Waals surface area contributed by atoms with Crippen LogP contribution in [0.1, 0.15) is 41.5 Å². The van der Waals surface area contributed by atoms with Crippen molar-refractivity contribution in [1.29, 1.82) is 0 Å². The van der Waals surface area contributed by atoms with Crippen molar-refractivity contribution >= 4 is 47.0 Å². The molecule has 0 aromatic rings. The SMILES string of the molecule is CC(C)(C)S[C@@H]1CSC[C@@H](SC(C)(C)C)S1. The lowest BCUT2D eigenvalue weighted by molar-refractivity contribution is 0.801.